The molecule has 0 bridgehead atoms. The van der Waals surface area contributed by atoms with E-state index < -0.39 is 0 Å². The van der Waals surface area contributed by atoms with E-state index in [-0.39, 0.29) is 16.9 Å². The second-order valence-electron chi connectivity index (χ2n) is 4.03. The summed E-state index contributed by atoms with van der Waals surface area (Å²) in [5.74, 6) is -0.371. The van der Waals surface area contributed by atoms with E-state index in [0.29, 0.717) is 13.2 Å². The molecule has 1 N–H and O–H groups in total. The van der Waals surface area contributed by atoms with Gasteiger partial charge in [0.2, 0.25) is 0 Å². The van der Waals surface area contributed by atoms with Crippen LogP contribution >= 0.6 is 11.6 Å². The van der Waals surface area contributed by atoms with Gasteiger partial charge in [0.05, 0.1) is 11.6 Å². The predicted molar refractivity (Wildman–Crippen MR) is 68.8 cm³/mol. The molecule has 17 heavy (non-hydrogen) atoms. The molecule has 0 saturated carbocycles. The van der Waals surface area contributed by atoms with Crippen molar-refractivity contribution in [2.24, 2.45) is 0 Å². The number of methoxy groups -OCH3 is 1. The van der Waals surface area contributed by atoms with E-state index in [1.54, 1.807) is 13.2 Å². The smallest absolute Gasteiger partial charge is 0.142 e. The minimum absolute atomic E-state index is 0.202. The maximum atomic E-state index is 13.2. The number of rotatable bonds is 7. The van der Waals surface area contributed by atoms with Crippen molar-refractivity contribution in [3.8, 4) is 0 Å². The minimum atomic E-state index is -0.371. The lowest BCUT2D eigenvalue weighted by atomic mass is 10.1. The minimum Gasteiger partial charge on any atom is -0.383 e. The van der Waals surface area contributed by atoms with Gasteiger partial charge in [-0.1, -0.05) is 37.1 Å². The number of hydrogen-bond donors (Lipinski definition) is 1. The third-order valence-electron chi connectivity index (χ3n) is 2.62. The van der Waals surface area contributed by atoms with Gasteiger partial charge in [-0.15, -0.1) is 0 Å². The number of halogens is 2. The van der Waals surface area contributed by atoms with Crippen LogP contribution in [-0.2, 0) is 11.3 Å². The molecule has 1 unspecified atom stereocenters. The second-order valence-corrected chi connectivity index (χ2v) is 4.41. The Morgan fingerprint density at radius 2 is 2.24 bits per heavy atom. The van der Waals surface area contributed by atoms with Gasteiger partial charge in [0.15, 0.2) is 0 Å². The summed E-state index contributed by atoms with van der Waals surface area (Å²) in [6, 6.07) is 5.14. The van der Waals surface area contributed by atoms with Crippen LogP contribution in [0.2, 0.25) is 5.02 Å². The van der Waals surface area contributed by atoms with Crippen molar-refractivity contribution in [1.82, 2.24) is 5.32 Å². The van der Waals surface area contributed by atoms with Crippen LogP contribution in [0.4, 0.5) is 4.39 Å². The van der Waals surface area contributed by atoms with Crippen LogP contribution in [0.25, 0.3) is 0 Å². The van der Waals surface area contributed by atoms with Gasteiger partial charge in [0.1, 0.15) is 5.82 Å². The number of benzene rings is 1. The van der Waals surface area contributed by atoms with Crippen LogP contribution in [0.1, 0.15) is 25.3 Å². The number of ether oxygens (including phenoxy) is 1. The standard InChI is InChI=1S/C13H19ClFNO/c1-3-5-11(9-17-2)16-8-10-6-4-7-12(15)13(10)14/h4,6-7,11,16H,3,5,8-9H2,1-2H3. The van der Waals surface area contributed by atoms with Crippen molar-refractivity contribution in [3.05, 3.63) is 34.6 Å². The molecule has 0 aliphatic heterocycles. The Morgan fingerprint density at radius 1 is 1.47 bits per heavy atom. The predicted octanol–water partition coefficient (Wildman–Crippen LogP) is 3.38. The maximum absolute atomic E-state index is 13.2. The molecule has 0 heterocycles. The maximum Gasteiger partial charge on any atom is 0.142 e. The fourth-order valence-electron chi connectivity index (χ4n) is 1.73. The summed E-state index contributed by atoms with van der Waals surface area (Å²) >= 11 is 5.88. The second kappa shape index (κ2) is 7.64. The summed E-state index contributed by atoms with van der Waals surface area (Å²) in [6.45, 7) is 3.34. The average molecular weight is 260 g/mol. The van der Waals surface area contributed by atoms with Crippen molar-refractivity contribution in [2.75, 3.05) is 13.7 Å². The molecule has 0 radical (unpaired) electrons. The van der Waals surface area contributed by atoms with Crippen LogP contribution in [0.3, 0.4) is 0 Å². The Labute approximate surface area is 107 Å². The quantitative estimate of drug-likeness (QED) is 0.811. The fraction of sp³-hybridized carbons (Fsp3) is 0.538. The Balaban J connectivity index is 2.55. The molecule has 96 valence electrons. The lowest BCUT2D eigenvalue weighted by Crippen LogP contribution is -2.32. The molecule has 0 aliphatic rings. The van der Waals surface area contributed by atoms with Crippen molar-refractivity contribution >= 4 is 11.6 Å². The molecule has 1 aromatic carbocycles. The molecule has 0 aliphatic carbocycles. The van der Waals surface area contributed by atoms with Crippen LogP contribution in [0, 0.1) is 5.82 Å². The molecule has 4 heteroatoms. The lowest BCUT2D eigenvalue weighted by molar-refractivity contribution is 0.161. The topological polar surface area (TPSA) is 21.3 Å². The highest BCUT2D eigenvalue weighted by molar-refractivity contribution is 6.31. The molecular formula is C13H19ClFNO. The fourth-order valence-corrected chi connectivity index (χ4v) is 1.93. The monoisotopic (exact) mass is 259 g/mol. The Morgan fingerprint density at radius 3 is 2.88 bits per heavy atom. The zero-order valence-electron chi connectivity index (χ0n) is 10.3. The molecule has 0 amide bonds. The molecule has 0 spiro atoms. The van der Waals surface area contributed by atoms with Gasteiger partial charge in [-0.3, -0.25) is 0 Å². The molecule has 1 aromatic rings. The van der Waals surface area contributed by atoms with Crippen molar-refractivity contribution in [2.45, 2.75) is 32.4 Å². The first-order chi connectivity index (χ1) is 8.19. The lowest BCUT2D eigenvalue weighted by Gasteiger charge is -2.17. The first-order valence-electron chi connectivity index (χ1n) is 5.84. The highest BCUT2D eigenvalue weighted by Gasteiger charge is 2.09. The largest absolute Gasteiger partial charge is 0.383 e. The van der Waals surface area contributed by atoms with Gasteiger partial charge < -0.3 is 10.1 Å². The normalized spacial score (nSPS) is 12.7. The van der Waals surface area contributed by atoms with E-state index in [1.165, 1.54) is 6.07 Å². The number of nitrogens with one attached hydrogen (secondary N) is 1. The van der Waals surface area contributed by atoms with E-state index in [0.717, 1.165) is 18.4 Å². The SMILES string of the molecule is CCCC(COC)NCc1cccc(F)c1Cl. The highest BCUT2D eigenvalue weighted by Crippen LogP contribution is 2.19. The van der Waals surface area contributed by atoms with E-state index in [1.807, 2.05) is 6.07 Å². The summed E-state index contributed by atoms with van der Waals surface area (Å²) in [5, 5.41) is 3.53. The molecule has 1 rings (SSSR count). The first-order valence-corrected chi connectivity index (χ1v) is 6.22. The molecule has 2 nitrogen and oxygen atoms in total. The third-order valence-corrected chi connectivity index (χ3v) is 3.04. The Hall–Kier alpha value is -0.640. The van der Waals surface area contributed by atoms with E-state index >= 15 is 0 Å². The number of hydrogen-bond acceptors (Lipinski definition) is 2. The van der Waals surface area contributed by atoms with E-state index in [4.69, 9.17) is 16.3 Å². The Bertz CT molecular complexity index is 340. The zero-order chi connectivity index (χ0) is 12.7. The molecule has 0 fully saturated rings. The molecule has 1 atom stereocenters. The summed E-state index contributed by atoms with van der Waals surface area (Å²) in [4.78, 5) is 0. The van der Waals surface area contributed by atoms with Crippen molar-refractivity contribution < 1.29 is 9.13 Å². The van der Waals surface area contributed by atoms with Gasteiger partial charge in [0.25, 0.3) is 0 Å². The average Bonchev–Trinajstić information content (AvgIpc) is 2.31. The molecule has 0 saturated heterocycles. The van der Waals surface area contributed by atoms with Gasteiger partial charge in [0, 0.05) is 19.7 Å². The van der Waals surface area contributed by atoms with Crippen LogP contribution in [0.5, 0.6) is 0 Å². The summed E-state index contributed by atoms with van der Waals surface area (Å²) in [5.41, 5.74) is 0.781. The van der Waals surface area contributed by atoms with Crippen LogP contribution in [-0.4, -0.2) is 19.8 Å². The molecule has 0 aromatic heterocycles. The van der Waals surface area contributed by atoms with Gasteiger partial charge in [-0.25, -0.2) is 4.39 Å². The van der Waals surface area contributed by atoms with Crippen molar-refractivity contribution in [3.63, 3.8) is 0 Å². The molecular weight excluding hydrogens is 241 g/mol. The van der Waals surface area contributed by atoms with E-state index in [2.05, 4.69) is 12.2 Å². The Kier molecular flexibility index (Phi) is 6.48. The van der Waals surface area contributed by atoms with E-state index in [9.17, 15) is 4.39 Å². The third kappa shape index (κ3) is 4.62. The van der Waals surface area contributed by atoms with Crippen LogP contribution < -0.4 is 5.32 Å². The zero-order valence-corrected chi connectivity index (χ0v) is 11.1. The highest BCUT2D eigenvalue weighted by atomic mass is 35.5. The van der Waals surface area contributed by atoms with Gasteiger partial charge >= 0.3 is 0 Å². The summed E-state index contributed by atoms with van der Waals surface area (Å²) < 4.78 is 18.3. The van der Waals surface area contributed by atoms with Crippen LogP contribution in [0.15, 0.2) is 18.2 Å². The first kappa shape index (κ1) is 14.4. The summed E-state index contributed by atoms with van der Waals surface area (Å²) in [6.07, 6.45) is 2.11. The van der Waals surface area contributed by atoms with Gasteiger partial charge in [-0.2, -0.15) is 0 Å². The van der Waals surface area contributed by atoms with Crippen molar-refractivity contribution in [1.29, 1.82) is 0 Å². The van der Waals surface area contributed by atoms with Gasteiger partial charge in [-0.05, 0) is 18.1 Å². The summed E-state index contributed by atoms with van der Waals surface area (Å²) in [7, 11) is 1.68.